The Kier molecular flexibility index (Phi) is 9.61. The van der Waals surface area contributed by atoms with E-state index in [0.29, 0.717) is 19.3 Å². The van der Waals surface area contributed by atoms with Gasteiger partial charge in [0.2, 0.25) is 21.8 Å². The van der Waals surface area contributed by atoms with Crippen LogP contribution in [0.3, 0.4) is 0 Å². The molecule has 244 valence electrons. The van der Waals surface area contributed by atoms with Crippen LogP contribution < -0.4 is 20.7 Å². The molecule has 4 fully saturated rings. The maximum Gasteiger partial charge on any atom is 0.408 e. The summed E-state index contributed by atoms with van der Waals surface area (Å²) in [5.41, 5.74) is -2.36. The fourth-order valence-electron chi connectivity index (χ4n) is 5.39. The van der Waals surface area contributed by atoms with Gasteiger partial charge in [-0.15, -0.1) is 6.58 Å². The lowest BCUT2D eigenvalue weighted by atomic mass is 10.1. The molecule has 0 aromatic carbocycles. The van der Waals surface area contributed by atoms with Crippen LogP contribution in [0.1, 0.15) is 72.1 Å². The Morgan fingerprint density at radius 3 is 2.41 bits per heavy atom. The second-order valence-corrected chi connectivity index (χ2v) is 14.6. The Balaban J connectivity index is 1.43. The van der Waals surface area contributed by atoms with Crippen LogP contribution in [-0.2, 0) is 43.5 Å². The molecule has 0 bridgehead atoms. The molecule has 4 N–H and O–H groups in total. The summed E-state index contributed by atoms with van der Waals surface area (Å²) in [6.45, 7) is 8.79. The number of likely N-dealkylation sites (tertiary alicyclic amines) is 1. The second-order valence-electron chi connectivity index (χ2n) is 12.7. The van der Waals surface area contributed by atoms with Crippen LogP contribution in [0.25, 0.3) is 0 Å². The molecule has 16 heteroatoms. The quantitative estimate of drug-likeness (QED) is 0.163. The fraction of sp³-hybridized carbons (Fsp3) is 0.714. The van der Waals surface area contributed by atoms with E-state index in [2.05, 4.69) is 27.3 Å². The van der Waals surface area contributed by atoms with E-state index in [0.717, 1.165) is 0 Å². The van der Waals surface area contributed by atoms with Gasteiger partial charge in [-0.25, -0.2) is 13.2 Å². The first-order chi connectivity index (χ1) is 20.6. The van der Waals surface area contributed by atoms with Crippen LogP contribution in [0.4, 0.5) is 4.79 Å². The number of nitrogens with one attached hydrogen (secondary N) is 4. The summed E-state index contributed by atoms with van der Waals surface area (Å²) in [7, 11) is -3.86. The number of hydrogen-bond acceptors (Lipinski definition) is 10. The summed E-state index contributed by atoms with van der Waals surface area (Å²) in [4.78, 5) is 78.0. The van der Waals surface area contributed by atoms with Gasteiger partial charge in [-0.05, 0) is 59.3 Å². The van der Waals surface area contributed by atoms with Crippen molar-refractivity contribution in [3.8, 4) is 0 Å². The predicted molar refractivity (Wildman–Crippen MR) is 154 cm³/mol. The molecule has 44 heavy (non-hydrogen) atoms. The summed E-state index contributed by atoms with van der Waals surface area (Å²) >= 11 is 0. The van der Waals surface area contributed by atoms with Gasteiger partial charge >= 0.3 is 12.1 Å². The summed E-state index contributed by atoms with van der Waals surface area (Å²) in [5, 5.41) is 7.20. The first kappa shape index (κ1) is 33.2. The number of alkyl carbamates (subject to hydrolysis) is 1. The summed E-state index contributed by atoms with van der Waals surface area (Å²) < 4.78 is 37.2. The largest absolute Gasteiger partial charge is 0.452 e. The third-order valence-electron chi connectivity index (χ3n) is 7.99. The van der Waals surface area contributed by atoms with Gasteiger partial charge in [0.05, 0.1) is 5.25 Å². The number of carbonyl (C=O) groups is 6. The van der Waals surface area contributed by atoms with Crippen molar-refractivity contribution in [2.24, 2.45) is 5.92 Å². The third kappa shape index (κ3) is 7.87. The van der Waals surface area contributed by atoms with Crippen LogP contribution in [0, 0.1) is 5.92 Å². The highest BCUT2D eigenvalue weighted by Gasteiger charge is 2.61. The standard InChI is InChI=1S/C28H41N5O10S/c1-5-16-15-28(16,25(38)32-44(40,41)17-8-9-17)31-22(35)19-7-6-14-33(19)24(37)18(30-26(39)43-27(2,3)4)12-13-29-23(36)20-10-11-21(34)42-20/h5,16-20H,1,6-15H2,2-4H3,(H,29,36)(H,30,39)(H,31,35)(H,32,38)/t16-,18+,19+,20+,28-/m1/s1. The number of ether oxygens (including phenoxy) is 2. The number of cyclic esters (lactones) is 1. The maximum absolute atomic E-state index is 13.8. The number of amides is 5. The lowest BCUT2D eigenvalue weighted by Crippen LogP contribution is -2.58. The van der Waals surface area contributed by atoms with Crippen molar-refractivity contribution in [3.63, 3.8) is 0 Å². The zero-order valence-corrected chi connectivity index (χ0v) is 26.0. The van der Waals surface area contributed by atoms with Gasteiger partial charge in [0, 0.05) is 31.8 Å². The smallest absolute Gasteiger partial charge is 0.408 e. The highest BCUT2D eigenvalue weighted by Crippen LogP contribution is 2.45. The molecular weight excluding hydrogens is 598 g/mol. The number of carbonyl (C=O) groups excluding carboxylic acids is 6. The van der Waals surface area contributed by atoms with E-state index in [1.807, 2.05) is 0 Å². The molecule has 5 atom stereocenters. The number of hydrogen-bond donors (Lipinski definition) is 4. The molecule has 0 aromatic heterocycles. The average Bonchev–Trinajstić information content (AvgIpc) is 3.81. The van der Waals surface area contributed by atoms with Crippen molar-refractivity contribution in [3.05, 3.63) is 12.7 Å². The van der Waals surface area contributed by atoms with Crippen molar-refractivity contribution < 1.29 is 46.7 Å². The van der Waals surface area contributed by atoms with Crippen LogP contribution in [0.5, 0.6) is 0 Å². The first-order valence-electron chi connectivity index (χ1n) is 14.8. The Morgan fingerprint density at radius 2 is 1.84 bits per heavy atom. The van der Waals surface area contributed by atoms with Gasteiger partial charge in [0.15, 0.2) is 6.10 Å². The van der Waals surface area contributed by atoms with Gasteiger partial charge in [-0.2, -0.15) is 0 Å². The minimum absolute atomic E-state index is 0.0520. The molecule has 0 aromatic rings. The molecule has 5 amide bonds. The van der Waals surface area contributed by atoms with Crippen molar-refractivity contribution in [2.75, 3.05) is 13.1 Å². The van der Waals surface area contributed by atoms with E-state index in [9.17, 15) is 37.2 Å². The molecule has 4 aliphatic rings. The fourth-order valence-corrected chi connectivity index (χ4v) is 6.76. The Morgan fingerprint density at radius 1 is 1.14 bits per heavy atom. The van der Waals surface area contributed by atoms with Crippen LogP contribution in [0.15, 0.2) is 12.7 Å². The van der Waals surface area contributed by atoms with Gasteiger partial charge in [-0.1, -0.05) is 6.08 Å². The van der Waals surface area contributed by atoms with E-state index in [1.54, 1.807) is 20.8 Å². The van der Waals surface area contributed by atoms with Crippen molar-refractivity contribution in [1.82, 2.24) is 25.6 Å². The van der Waals surface area contributed by atoms with Crippen molar-refractivity contribution >= 4 is 45.7 Å². The molecule has 4 rings (SSSR count). The molecule has 0 radical (unpaired) electrons. The van der Waals surface area contributed by atoms with Crippen molar-refractivity contribution in [1.29, 1.82) is 0 Å². The number of nitrogens with zero attached hydrogens (tertiary/aromatic N) is 1. The molecular formula is C28H41N5O10S. The predicted octanol–water partition coefficient (Wildman–Crippen LogP) is -0.248. The lowest BCUT2D eigenvalue weighted by molar-refractivity contribution is -0.148. The SMILES string of the molecule is C=C[C@@H]1C[C@]1(NC(=O)[C@@H]1CCCN1C(=O)[C@H](CCNC(=O)[C@@H]1CCC(=O)O1)NC(=O)OC(C)(C)C)C(=O)NS(=O)(=O)C1CC1. The number of rotatable bonds is 12. The van der Waals surface area contributed by atoms with Crippen LogP contribution in [-0.4, -0.2) is 96.7 Å². The monoisotopic (exact) mass is 639 g/mol. The van der Waals surface area contributed by atoms with E-state index in [4.69, 9.17) is 9.47 Å². The molecule has 2 aliphatic carbocycles. The highest BCUT2D eigenvalue weighted by atomic mass is 32.2. The van der Waals surface area contributed by atoms with Gasteiger partial charge in [0.25, 0.3) is 11.8 Å². The molecule has 0 unspecified atom stereocenters. The summed E-state index contributed by atoms with van der Waals surface area (Å²) in [6.07, 6.45) is 1.82. The van der Waals surface area contributed by atoms with E-state index in [1.165, 1.54) is 11.0 Å². The maximum atomic E-state index is 13.8. The average molecular weight is 640 g/mol. The van der Waals surface area contributed by atoms with Crippen molar-refractivity contribution in [2.45, 2.75) is 107 Å². The van der Waals surface area contributed by atoms with Gasteiger partial charge in [0.1, 0.15) is 23.2 Å². The molecule has 2 aliphatic heterocycles. The summed E-state index contributed by atoms with van der Waals surface area (Å²) in [5.74, 6) is -3.56. The topological polar surface area (TPSA) is 206 Å². The Hall–Kier alpha value is -3.69. The zero-order chi connectivity index (χ0) is 32.4. The molecule has 2 saturated carbocycles. The highest BCUT2D eigenvalue weighted by molar-refractivity contribution is 7.91. The van der Waals surface area contributed by atoms with E-state index in [-0.39, 0.29) is 45.2 Å². The summed E-state index contributed by atoms with van der Waals surface area (Å²) in [6, 6.07) is -2.18. The molecule has 2 heterocycles. The number of sulfonamides is 1. The molecule has 0 spiro atoms. The minimum Gasteiger partial charge on any atom is -0.452 e. The zero-order valence-electron chi connectivity index (χ0n) is 25.2. The Bertz CT molecular complexity index is 1320. The van der Waals surface area contributed by atoms with Crippen LogP contribution in [0.2, 0.25) is 0 Å². The van der Waals surface area contributed by atoms with Gasteiger partial charge < -0.3 is 30.3 Å². The third-order valence-corrected chi connectivity index (χ3v) is 9.80. The molecule has 2 saturated heterocycles. The first-order valence-corrected chi connectivity index (χ1v) is 16.4. The Labute approximate surface area is 256 Å². The lowest BCUT2D eigenvalue weighted by Gasteiger charge is -2.30. The number of esters is 1. The normalized spacial score (nSPS) is 27.0. The minimum atomic E-state index is -3.86. The van der Waals surface area contributed by atoms with Gasteiger partial charge in [-0.3, -0.25) is 28.7 Å². The van der Waals surface area contributed by atoms with E-state index >= 15 is 0 Å². The second kappa shape index (κ2) is 12.7. The van der Waals surface area contributed by atoms with E-state index < -0.39 is 86.2 Å². The van der Waals surface area contributed by atoms with Crippen LogP contribution >= 0.6 is 0 Å². The molecule has 15 nitrogen and oxygen atoms in total.